The zero-order valence-corrected chi connectivity index (χ0v) is 15.6. The number of hydrogen-bond donors (Lipinski definition) is 1. The molecule has 0 unspecified atom stereocenters. The van der Waals surface area contributed by atoms with Gasteiger partial charge in [0.1, 0.15) is 5.75 Å². The van der Waals surface area contributed by atoms with E-state index in [1.165, 1.54) is 0 Å². The predicted octanol–water partition coefficient (Wildman–Crippen LogP) is 5.41. The molecule has 2 aromatic carbocycles. The molecule has 0 aliphatic heterocycles. The van der Waals surface area contributed by atoms with Crippen LogP contribution in [0.25, 0.3) is 0 Å². The Labute approximate surface area is 149 Å². The minimum atomic E-state index is -0.170. The molecular formula is C20H24ClNO2. The van der Waals surface area contributed by atoms with E-state index in [0.29, 0.717) is 11.7 Å². The zero-order valence-electron chi connectivity index (χ0n) is 14.9. The summed E-state index contributed by atoms with van der Waals surface area (Å²) in [5, 5.41) is 3.71. The van der Waals surface area contributed by atoms with Crippen LogP contribution < -0.4 is 10.1 Å². The number of para-hydroxylation sites is 1. The first-order valence-electron chi connectivity index (χ1n) is 8.08. The highest BCUT2D eigenvalue weighted by Gasteiger charge is 2.13. The molecule has 1 amide bonds. The first-order valence-corrected chi connectivity index (χ1v) is 8.46. The first kappa shape index (κ1) is 18.3. The SMILES string of the molecule is Cc1cc(OCC(=O)Nc2c(C)cccc2C(C)C)cc(C)c1Cl. The second-order valence-corrected chi connectivity index (χ2v) is 6.78. The Bertz CT molecular complexity index is 730. The number of amides is 1. The highest BCUT2D eigenvalue weighted by Crippen LogP contribution is 2.28. The van der Waals surface area contributed by atoms with E-state index in [-0.39, 0.29) is 12.5 Å². The van der Waals surface area contributed by atoms with Gasteiger partial charge in [-0.3, -0.25) is 4.79 Å². The summed E-state index contributed by atoms with van der Waals surface area (Å²) in [6.07, 6.45) is 0. The van der Waals surface area contributed by atoms with Crippen molar-refractivity contribution in [3.8, 4) is 5.75 Å². The quantitative estimate of drug-likeness (QED) is 0.787. The number of carbonyl (C=O) groups is 1. The lowest BCUT2D eigenvalue weighted by Crippen LogP contribution is -2.21. The van der Waals surface area contributed by atoms with Gasteiger partial charge < -0.3 is 10.1 Å². The molecule has 128 valence electrons. The number of nitrogens with one attached hydrogen (secondary N) is 1. The van der Waals surface area contributed by atoms with Crippen molar-refractivity contribution in [3.63, 3.8) is 0 Å². The molecule has 0 saturated heterocycles. The van der Waals surface area contributed by atoms with Crippen LogP contribution in [0.1, 0.15) is 42.0 Å². The second kappa shape index (κ2) is 7.71. The van der Waals surface area contributed by atoms with E-state index in [1.807, 2.05) is 51.1 Å². The van der Waals surface area contributed by atoms with Gasteiger partial charge >= 0.3 is 0 Å². The molecule has 0 aliphatic rings. The first-order chi connectivity index (χ1) is 11.3. The molecule has 2 aromatic rings. The number of halogens is 1. The summed E-state index contributed by atoms with van der Waals surface area (Å²) in [5.41, 5.74) is 4.93. The third-order valence-corrected chi connectivity index (χ3v) is 4.57. The highest BCUT2D eigenvalue weighted by atomic mass is 35.5. The van der Waals surface area contributed by atoms with E-state index in [2.05, 4.69) is 19.2 Å². The Hall–Kier alpha value is -2.00. The van der Waals surface area contributed by atoms with Crippen molar-refractivity contribution in [1.29, 1.82) is 0 Å². The lowest BCUT2D eigenvalue weighted by atomic mass is 9.98. The predicted molar refractivity (Wildman–Crippen MR) is 100 cm³/mol. The topological polar surface area (TPSA) is 38.3 Å². The Morgan fingerprint density at radius 3 is 2.33 bits per heavy atom. The zero-order chi connectivity index (χ0) is 17.9. The van der Waals surface area contributed by atoms with Gasteiger partial charge in [0.15, 0.2) is 6.61 Å². The number of aryl methyl sites for hydroxylation is 3. The molecule has 0 atom stereocenters. The fraction of sp³-hybridized carbons (Fsp3) is 0.350. The Kier molecular flexibility index (Phi) is 5.89. The van der Waals surface area contributed by atoms with E-state index >= 15 is 0 Å². The van der Waals surface area contributed by atoms with Gasteiger partial charge in [0, 0.05) is 10.7 Å². The van der Waals surface area contributed by atoms with E-state index < -0.39 is 0 Å². The molecular weight excluding hydrogens is 322 g/mol. The molecule has 2 rings (SSSR count). The van der Waals surface area contributed by atoms with Crippen LogP contribution in [-0.2, 0) is 4.79 Å². The smallest absolute Gasteiger partial charge is 0.262 e. The number of rotatable bonds is 5. The normalized spacial score (nSPS) is 10.8. The van der Waals surface area contributed by atoms with Gasteiger partial charge in [-0.2, -0.15) is 0 Å². The van der Waals surface area contributed by atoms with Gasteiger partial charge in [-0.1, -0.05) is 43.6 Å². The van der Waals surface area contributed by atoms with Gasteiger partial charge in [0.2, 0.25) is 0 Å². The maximum Gasteiger partial charge on any atom is 0.262 e. The molecule has 4 heteroatoms. The number of hydrogen-bond acceptors (Lipinski definition) is 2. The maximum absolute atomic E-state index is 12.3. The Balaban J connectivity index is 2.07. The van der Waals surface area contributed by atoms with Crippen LogP contribution in [0.2, 0.25) is 5.02 Å². The van der Waals surface area contributed by atoms with Crippen molar-refractivity contribution in [2.45, 2.75) is 40.5 Å². The molecule has 0 spiro atoms. The summed E-state index contributed by atoms with van der Waals surface area (Å²) in [5.74, 6) is 0.817. The lowest BCUT2D eigenvalue weighted by molar-refractivity contribution is -0.118. The largest absolute Gasteiger partial charge is 0.484 e. The summed E-state index contributed by atoms with van der Waals surface area (Å²) >= 11 is 6.15. The van der Waals surface area contributed by atoms with Gasteiger partial charge in [-0.15, -0.1) is 0 Å². The third kappa shape index (κ3) is 4.30. The van der Waals surface area contributed by atoms with E-state index in [4.69, 9.17) is 16.3 Å². The van der Waals surface area contributed by atoms with Crippen LogP contribution in [0.4, 0.5) is 5.69 Å². The molecule has 0 saturated carbocycles. The van der Waals surface area contributed by atoms with Crippen LogP contribution in [-0.4, -0.2) is 12.5 Å². The molecule has 24 heavy (non-hydrogen) atoms. The number of ether oxygens (including phenoxy) is 1. The molecule has 0 aromatic heterocycles. The van der Waals surface area contributed by atoms with Crippen LogP contribution in [0.5, 0.6) is 5.75 Å². The summed E-state index contributed by atoms with van der Waals surface area (Å²) in [4.78, 5) is 12.3. The Morgan fingerprint density at radius 2 is 1.75 bits per heavy atom. The molecule has 3 nitrogen and oxygen atoms in total. The fourth-order valence-electron chi connectivity index (χ4n) is 2.66. The van der Waals surface area contributed by atoms with Crippen molar-refractivity contribution in [2.75, 3.05) is 11.9 Å². The number of carbonyl (C=O) groups excluding carboxylic acids is 1. The molecule has 0 radical (unpaired) electrons. The minimum absolute atomic E-state index is 0.0353. The fourth-order valence-corrected chi connectivity index (χ4v) is 2.77. The van der Waals surface area contributed by atoms with E-state index in [1.54, 1.807) is 0 Å². The van der Waals surface area contributed by atoms with Crippen molar-refractivity contribution >= 4 is 23.2 Å². The molecule has 0 bridgehead atoms. The maximum atomic E-state index is 12.3. The monoisotopic (exact) mass is 345 g/mol. The van der Waals surface area contributed by atoms with Gasteiger partial charge in [0.25, 0.3) is 5.91 Å². The van der Waals surface area contributed by atoms with Crippen molar-refractivity contribution in [2.24, 2.45) is 0 Å². The lowest BCUT2D eigenvalue weighted by Gasteiger charge is -2.17. The number of anilines is 1. The summed E-state index contributed by atoms with van der Waals surface area (Å²) in [6, 6.07) is 9.73. The van der Waals surface area contributed by atoms with Gasteiger partial charge in [-0.25, -0.2) is 0 Å². The third-order valence-electron chi connectivity index (χ3n) is 3.97. The van der Waals surface area contributed by atoms with Crippen LogP contribution >= 0.6 is 11.6 Å². The average Bonchev–Trinajstić information content (AvgIpc) is 2.52. The van der Waals surface area contributed by atoms with Crippen LogP contribution in [0.3, 0.4) is 0 Å². The van der Waals surface area contributed by atoms with Crippen molar-refractivity contribution < 1.29 is 9.53 Å². The van der Waals surface area contributed by atoms with Gasteiger partial charge in [-0.05, 0) is 61.1 Å². The summed E-state index contributed by atoms with van der Waals surface area (Å²) in [6.45, 7) is 10.0. The number of benzene rings is 2. The van der Waals surface area contributed by atoms with E-state index in [0.717, 1.165) is 33.0 Å². The standard InChI is InChI=1S/C20H24ClNO2/c1-12(2)17-8-6-7-13(3)20(17)22-18(23)11-24-16-9-14(4)19(21)15(5)10-16/h6-10,12H,11H2,1-5H3,(H,22,23). The highest BCUT2D eigenvalue weighted by molar-refractivity contribution is 6.32. The average molecular weight is 346 g/mol. The summed E-state index contributed by atoms with van der Waals surface area (Å²) < 4.78 is 5.63. The second-order valence-electron chi connectivity index (χ2n) is 6.40. The van der Waals surface area contributed by atoms with Gasteiger partial charge in [0.05, 0.1) is 0 Å². The van der Waals surface area contributed by atoms with Crippen LogP contribution in [0.15, 0.2) is 30.3 Å². The molecule has 1 N–H and O–H groups in total. The van der Waals surface area contributed by atoms with Crippen LogP contribution in [0, 0.1) is 20.8 Å². The molecule has 0 heterocycles. The van der Waals surface area contributed by atoms with Crippen molar-refractivity contribution in [1.82, 2.24) is 0 Å². The summed E-state index contributed by atoms with van der Waals surface area (Å²) in [7, 11) is 0. The molecule has 0 fully saturated rings. The minimum Gasteiger partial charge on any atom is -0.484 e. The molecule has 0 aliphatic carbocycles. The Morgan fingerprint density at radius 1 is 1.12 bits per heavy atom. The van der Waals surface area contributed by atoms with Crippen molar-refractivity contribution in [3.05, 3.63) is 57.6 Å². The van der Waals surface area contributed by atoms with E-state index in [9.17, 15) is 4.79 Å².